The van der Waals surface area contributed by atoms with Crippen molar-refractivity contribution in [1.29, 1.82) is 0 Å². The number of carbonyl (C=O) groups is 2. The summed E-state index contributed by atoms with van der Waals surface area (Å²) in [5.74, 6) is 0.0207. The van der Waals surface area contributed by atoms with E-state index in [-0.39, 0.29) is 12.3 Å². The second-order valence-electron chi connectivity index (χ2n) is 5.04. The Morgan fingerprint density at radius 3 is 2.55 bits per heavy atom. The number of rotatable bonds is 9. The van der Waals surface area contributed by atoms with Gasteiger partial charge in [0.2, 0.25) is 5.91 Å². The van der Waals surface area contributed by atoms with Crippen LogP contribution >= 0.6 is 11.8 Å². The van der Waals surface area contributed by atoms with E-state index in [1.165, 1.54) is 0 Å². The molecule has 1 rings (SSSR count). The molecule has 0 spiro atoms. The molecule has 5 nitrogen and oxygen atoms in total. The SMILES string of the molecule is COc1cc(CN(C)C(=O)CCCCC(=O)O)ccc1SC. The van der Waals surface area contributed by atoms with Crippen LogP contribution in [0, 0.1) is 0 Å². The topological polar surface area (TPSA) is 66.8 Å². The van der Waals surface area contributed by atoms with Crippen molar-refractivity contribution in [2.45, 2.75) is 37.1 Å². The van der Waals surface area contributed by atoms with Gasteiger partial charge in [0, 0.05) is 31.3 Å². The van der Waals surface area contributed by atoms with Crippen molar-refractivity contribution in [3.05, 3.63) is 23.8 Å². The van der Waals surface area contributed by atoms with Gasteiger partial charge in [0.1, 0.15) is 5.75 Å². The van der Waals surface area contributed by atoms with Crippen LogP contribution in [-0.2, 0) is 16.1 Å². The second-order valence-corrected chi connectivity index (χ2v) is 5.89. The van der Waals surface area contributed by atoms with Crippen LogP contribution in [0.3, 0.4) is 0 Å². The molecule has 0 radical (unpaired) electrons. The van der Waals surface area contributed by atoms with Gasteiger partial charge in [-0.25, -0.2) is 0 Å². The molecule has 0 heterocycles. The fourth-order valence-corrected chi connectivity index (χ4v) is 2.63. The summed E-state index contributed by atoms with van der Waals surface area (Å²) in [6.07, 6.45) is 3.62. The average Bonchev–Trinajstić information content (AvgIpc) is 2.50. The van der Waals surface area contributed by atoms with Crippen molar-refractivity contribution in [2.75, 3.05) is 20.4 Å². The van der Waals surface area contributed by atoms with E-state index >= 15 is 0 Å². The molecule has 0 fully saturated rings. The second kappa shape index (κ2) is 9.35. The molecule has 0 unspecified atom stereocenters. The van der Waals surface area contributed by atoms with Crippen molar-refractivity contribution >= 4 is 23.6 Å². The van der Waals surface area contributed by atoms with E-state index < -0.39 is 5.97 Å². The Hall–Kier alpha value is -1.69. The van der Waals surface area contributed by atoms with E-state index in [0.29, 0.717) is 25.8 Å². The monoisotopic (exact) mass is 325 g/mol. The number of benzene rings is 1. The van der Waals surface area contributed by atoms with Gasteiger partial charge < -0.3 is 14.7 Å². The maximum Gasteiger partial charge on any atom is 0.303 e. The Balaban J connectivity index is 2.51. The summed E-state index contributed by atoms with van der Waals surface area (Å²) in [5, 5.41) is 8.57. The summed E-state index contributed by atoms with van der Waals surface area (Å²) < 4.78 is 5.34. The number of methoxy groups -OCH3 is 1. The van der Waals surface area contributed by atoms with Gasteiger partial charge in [-0.2, -0.15) is 0 Å². The predicted octanol–water partition coefficient (Wildman–Crippen LogP) is 3.02. The lowest BCUT2D eigenvalue weighted by molar-refractivity contribution is -0.137. The van der Waals surface area contributed by atoms with E-state index in [0.717, 1.165) is 16.2 Å². The van der Waals surface area contributed by atoms with E-state index in [2.05, 4.69) is 0 Å². The Morgan fingerprint density at radius 1 is 1.27 bits per heavy atom. The fraction of sp³-hybridized carbons (Fsp3) is 0.500. The normalized spacial score (nSPS) is 10.3. The number of thioether (sulfide) groups is 1. The van der Waals surface area contributed by atoms with Crippen LogP contribution in [0.2, 0.25) is 0 Å². The summed E-state index contributed by atoms with van der Waals surface area (Å²) in [4.78, 5) is 25.2. The van der Waals surface area contributed by atoms with Gasteiger partial charge in [-0.3, -0.25) is 9.59 Å². The largest absolute Gasteiger partial charge is 0.496 e. The van der Waals surface area contributed by atoms with E-state index in [1.54, 1.807) is 30.8 Å². The number of carboxylic acid groups (broad SMARTS) is 1. The lowest BCUT2D eigenvalue weighted by Gasteiger charge is -2.18. The standard InChI is InChI=1S/C16H23NO4S/c1-17(15(18)6-4-5-7-16(19)20)11-12-8-9-14(22-3)13(10-12)21-2/h8-10H,4-7,11H2,1-3H3,(H,19,20). The third kappa shape index (κ3) is 5.97. The van der Waals surface area contributed by atoms with E-state index in [4.69, 9.17) is 9.84 Å². The molecule has 0 atom stereocenters. The number of hydrogen-bond acceptors (Lipinski definition) is 4. The van der Waals surface area contributed by atoms with Gasteiger partial charge >= 0.3 is 5.97 Å². The van der Waals surface area contributed by atoms with Crippen LogP contribution in [0.25, 0.3) is 0 Å². The molecule has 0 aliphatic rings. The molecular formula is C16H23NO4S. The smallest absolute Gasteiger partial charge is 0.303 e. The third-order valence-corrected chi connectivity index (χ3v) is 4.10. The highest BCUT2D eigenvalue weighted by molar-refractivity contribution is 7.98. The zero-order chi connectivity index (χ0) is 16.5. The number of aliphatic carboxylic acids is 1. The Kier molecular flexibility index (Phi) is 7.80. The molecular weight excluding hydrogens is 302 g/mol. The molecule has 6 heteroatoms. The number of hydrogen-bond donors (Lipinski definition) is 1. The van der Waals surface area contributed by atoms with Crippen LogP contribution in [0.15, 0.2) is 23.1 Å². The average molecular weight is 325 g/mol. The van der Waals surface area contributed by atoms with Gasteiger partial charge in [-0.1, -0.05) is 6.07 Å². The van der Waals surface area contributed by atoms with Crippen molar-refractivity contribution in [2.24, 2.45) is 0 Å². The van der Waals surface area contributed by atoms with Crippen LogP contribution in [0.5, 0.6) is 5.75 Å². The number of nitrogens with zero attached hydrogens (tertiary/aromatic N) is 1. The first-order valence-corrected chi connectivity index (χ1v) is 8.37. The number of ether oxygens (including phenoxy) is 1. The minimum absolute atomic E-state index is 0.0262. The van der Waals surface area contributed by atoms with Crippen molar-refractivity contribution in [3.63, 3.8) is 0 Å². The number of unbranched alkanes of at least 4 members (excludes halogenated alkanes) is 1. The molecule has 1 amide bonds. The van der Waals surface area contributed by atoms with Gasteiger partial charge in [0.05, 0.1) is 7.11 Å². The van der Waals surface area contributed by atoms with Crippen LogP contribution < -0.4 is 4.74 Å². The minimum Gasteiger partial charge on any atom is -0.496 e. The highest BCUT2D eigenvalue weighted by Gasteiger charge is 2.11. The minimum atomic E-state index is -0.818. The zero-order valence-electron chi connectivity index (χ0n) is 13.3. The van der Waals surface area contributed by atoms with Crippen molar-refractivity contribution < 1.29 is 19.4 Å². The molecule has 1 N–H and O–H groups in total. The molecule has 1 aromatic carbocycles. The van der Waals surface area contributed by atoms with Crippen molar-refractivity contribution in [1.82, 2.24) is 4.90 Å². The summed E-state index contributed by atoms with van der Waals surface area (Å²) in [7, 11) is 3.39. The maximum atomic E-state index is 12.0. The zero-order valence-corrected chi connectivity index (χ0v) is 14.1. The van der Waals surface area contributed by atoms with Gasteiger partial charge in [-0.15, -0.1) is 11.8 Å². The Bertz CT molecular complexity index is 519. The molecule has 22 heavy (non-hydrogen) atoms. The quantitative estimate of drug-likeness (QED) is 0.558. The fourth-order valence-electron chi connectivity index (χ4n) is 2.08. The number of carbonyl (C=O) groups excluding carboxylic acids is 1. The predicted molar refractivity (Wildman–Crippen MR) is 87.4 cm³/mol. The van der Waals surface area contributed by atoms with E-state index in [1.807, 2.05) is 24.5 Å². The van der Waals surface area contributed by atoms with Crippen LogP contribution in [0.1, 0.15) is 31.2 Å². The molecule has 0 aliphatic heterocycles. The molecule has 0 saturated heterocycles. The van der Waals surface area contributed by atoms with Crippen LogP contribution in [0.4, 0.5) is 0 Å². The summed E-state index contributed by atoms with van der Waals surface area (Å²) in [6.45, 7) is 0.517. The highest BCUT2D eigenvalue weighted by atomic mass is 32.2. The van der Waals surface area contributed by atoms with E-state index in [9.17, 15) is 9.59 Å². The van der Waals surface area contributed by atoms with Gasteiger partial charge in [0.25, 0.3) is 0 Å². The first-order valence-electron chi connectivity index (χ1n) is 7.14. The summed E-state index contributed by atoms with van der Waals surface area (Å²) in [5.41, 5.74) is 1.01. The Morgan fingerprint density at radius 2 is 1.95 bits per heavy atom. The number of carboxylic acids is 1. The Labute approximate surface area is 135 Å². The van der Waals surface area contributed by atoms with Crippen molar-refractivity contribution in [3.8, 4) is 5.75 Å². The summed E-state index contributed by atoms with van der Waals surface area (Å²) >= 11 is 1.62. The first-order chi connectivity index (χ1) is 10.5. The lowest BCUT2D eigenvalue weighted by Crippen LogP contribution is -2.25. The molecule has 0 saturated carbocycles. The van der Waals surface area contributed by atoms with Gasteiger partial charge in [-0.05, 0) is 36.8 Å². The summed E-state index contributed by atoms with van der Waals surface area (Å²) in [6, 6.07) is 5.92. The number of amides is 1. The van der Waals surface area contributed by atoms with Gasteiger partial charge in [0.15, 0.2) is 0 Å². The first kappa shape index (κ1) is 18.4. The molecule has 1 aromatic rings. The van der Waals surface area contributed by atoms with Crippen LogP contribution in [-0.4, -0.2) is 42.3 Å². The molecule has 0 bridgehead atoms. The molecule has 0 aromatic heterocycles. The maximum absolute atomic E-state index is 12.0. The third-order valence-electron chi connectivity index (χ3n) is 3.32. The lowest BCUT2D eigenvalue weighted by atomic mass is 10.1. The molecule has 0 aliphatic carbocycles. The molecule has 122 valence electrons. The highest BCUT2D eigenvalue weighted by Crippen LogP contribution is 2.28.